The minimum Gasteiger partial charge on any atom is -0.497 e. The number of ether oxygens (including phenoxy) is 1. The van der Waals surface area contributed by atoms with Gasteiger partial charge in [-0.15, -0.1) is 0 Å². The zero-order valence-corrected chi connectivity index (χ0v) is 11.6. The van der Waals surface area contributed by atoms with Gasteiger partial charge in [0.05, 0.1) is 19.0 Å². The maximum atomic E-state index is 5.29. The molecule has 0 saturated heterocycles. The Bertz CT molecular complexity index is 526. The molecule has 4 heteroatoms. The minimum atomic E-state index is 0.431. The van der Waals surface area contributed by atoms with Crippen molar-refractivity contribution in [3.63, 3.8) is 0 Å². The third-order valence-electron chi connectivity index (χ3n) is 2.85. The van der Waals surface area contributed by atoms with Crippen LogP contribution in [0.2, 0.25) is 0 Å². The van der Waals surface area contributed by atoms with E-state index in [9.17, 15) is 0 Å². The molecule has 1 aromatic carbocycles. The van der Waals surface area contributed by atoms with Gasteiger partial charge >= 0.3 is 0 Å². The minimum absolute atomic E-state index is 0.431. The van der Waals surface area contributed by atoms with Crippen molar-refractivity contribution in [1.29, 1.82) is 0 Å². The van der Waals surface area contributed by atoms with E-state index < -0.39 is 0 Å². The molecule has 0 atom stereocenters. The molecule has 0 unspecified atom stereocenters. The topological polar surface area (TPSA) is 47.0 Å². The molecule has 0 radical (unpaired) electrons. The molecule has 2 aromatic rings. The Hall–Kier alpha value is -1.94. The first-order valence-electron chi connectivity index (χ1n) is 6.37. The number of hydrogen-bond donors (Lipinski definition) is 1. The van der Waals surface area contributed by atoms with E-state index >= 15 is 0 Å². The Morgan fingerprint density at radius 2 is 2.11 bits per heavy atom. The average Bonchev–Trinajstić information content (AvgIpc) is 2.45. The monoisotopic (exact) mass is 257 g/mol. The summed E-state index contributed by atoms with van der Waals surface area (Å²) in [5.41, 5.74) is 3.13. The van der Waals surface area contributed by atoms with Crippen molar-refractivity contribution in [2.45, 2.75) is 26.4 Å². The van der Waals surface area contributed by atoms with Gasteiger partial charge in [-0.3, -0.25) is 9.97 Å². The summed E-state index contributed by atoms with van der Waals surface area (Å²) in [5.74, 6) is 0.855. The van der Waals surface area contributed by atoms with E-state index in [1.54, 1.807) is 25.7 Å². The largest absolute Gasteiger partial charge is 0.497 e. The fourth-order valence-corrected chi connectivity index (χ4v) is 1.85. The van der Waals surface area contributed by atoms with Crippen molar-refractivity contribution in [3.8, 4) is 17.0 Å². The van der Waals surface area contributed by atoms with Crippen LogP contribution in [0.1, 0.15) is 19.4 Å². The molecular weight excluding hydrogens is 238 g/mol. The maximum absolute atomic E-state index is 5.29. The molecule has 0 saturated carbocycles. The van der Waals surface area contributed by atoms with Gasteiger partial charge in [0, 0.05) is 30.5 Å². The Balaban J connectivity index is 2.36. The summed E-state index contributed by atoms with van der Waals surface area (Å²) in [5, 5.41) is 3.42. The highest BCUT2D eigenvalue weighted by Gasteiger charge is 2.08. The Kier molecular flexibility index (Phi) is 4.47. The highest BCUT2D eigenvalue weighted by Crippen LogP contribution is 2.25. The fourth-order valence-electron chi connectivity index (χ4n) is 1.85. The summed E-state index contributed by atoms with van der Waals surface area (Å²) in [6.07, 6.45) is 5.17. The summed E-state index contributed by atoms with van der Waals surface area (Å²) in [7, 11) is 1.68. The van der Waals surface area contributed by atoms with Crippen molar-refractivity contribution < 1.29 is 4.74 Å². The van der Waals surface area contributed by atoms with Gasteiger partial charge in [0.1, 0.15) is 5.75 Å². The summed E-state index contributed by atoms with van der Waals surface area (Å²) >= 11 is 0. The lowest BCUT2D eigenvalue weighted by atomic mass is 10.0. The molecule has 1 aromatic heterocycles. The highest BCUT2D eigenvalue weighted by atomic mass is 16.5. The second-order valence-corrected chi connectivity index (χ2v) is 4.65. The molecule has 19 heavy (non-hydrogen) atoms. The summed E-state index contributed by atoms with van der Waals surface area (Å²) < 4.78 is 5.29. The molecule has 0 aliphatic rings. The van der Waals surface area contributed by atoms with Gasteiger partial charge in [-0.2, -0.15) is 0 Å². The molecular formula is C15H19N3O. The Morgan fingerprint density at radius 1 is 1.26 bits per heavy atom. The Morgan fingerprint density at radius 3 is 2.74 bits per heavy atom. The van der Waals surface area contributed by atoms with Crippen LogP contribution in [0.5, 0.6) is 5.75 Å². The van der Waals surface area contributed by atoms with Gasteiger partial charge in [-0.25, -0.2) is 0 Å². The molecule has 0 bridgehead atoms. The van der Waals surface area contributed by atoms with Crippen molar-refractivity contribution in [2.75, 3.05) is 7.11 Å². The maximum Gasteiger partial charge on any atom is 0.119 e. The number of aromatic nitrogens is 2. The average molecular weight is 257 g/mol. The molecule has 100 valence electrons. The SMILES string of the molecule is COc1ccc(-c2cnccn2)c(CNC(C)C)c1. The van der Waals surface area contributed by atoms with Crippen LogP contribution in [0.15, 0.2) is 36.8 Å². The smallest absolute Gasteiger partial charge is 0.119 e. The molecule has 0 spiro atoms. The van der Waals surface area contributed by atoms with E-state index in [-0.39, 0.29) is 0 Å². The number of rotatable bonds is 5. The van der Waals surface area contributed by atoms with E-state index in [0.29, 0.717) is 6.04 Å². The van der Waals surface area contributed by atoms with Gasteiger partial charge in [0.25, 0.3) is 0 Å². The van der Waals surface area contributed by atoms with Gasteiger partial charge in [-0.05, 0) is 23.8 Å². The first-order valence-corrected chi connectivity index (χ1v) is 6.37. The first kappa shape index (κ1) is 13.5. The van der Waals surface area contributed by atoms with Crippen LogP contribution >= 0.6 is 0 Å². The molecule has 0 aliphatic heterocycles. The Labute approximate surface area is 113 Å². The van der Waals surface area contributed by atoms with Crippen LogP contribution in [0.4, 0.5) is 0 Å². The first-order chi connectivity index (χ1) is 9.20. The van der Waals surface area contributed by atoms with Crippen LogP contribution < -0.4 is 10.1 Å². The zero-order valence-electron chi connectivity index (χ0n) is 11.6. The number of nitrogens with one attached hydrogen (secondary N) is 1. The van der Waals surface area contributed by atoms with Crippen molar-refractivity contribution in [3.05, 3.63) is 42.4 Å². The molecule has 0 aliphatic carbocycles. The van der Waals surface area contributed by atoms with Crippen LogP contribution in [0, 0.1) is 0 Å². The second-order valence-electron chi connectivity index (χ2n) is 4.65. The van der Waals surface area contributed by atoms with Crippen LogP contribution in [0.3, 0.4) is 0 Å². The molecule has 0 amide bonds. The normalized spacial score (nSPS) is 10.7. The quantitative estimate of drug-likeness (QED) is 0.894. The van der Waals surface area contributed by atoms with Crippen LogP contribution in [-0.4, -0.2) is 23.1 Å². The standard InChI is InChI=1S/C15H19N3O/c1-11(2)18-9-12-8-13(19-3)4-5-14(12)15-10-16-6-7-17-15/h4-8,10-11,18H,9H2,1-3H3. The molecule has 1 N–H and O–H groups in total. The third kappa shape index (κ3) is 3.51. The van der Waals surface area contributed by atoms with E-state index in [4.69, 9.17) is 4.74 Å². The lowest BCUT2D eigenvalue weighted by molar-refractivity contribution is 0.414. The lowest BCUT2D eigenvalue weighted by Gasteiger charge is -2.13. The molecule has 0 fully saturated rings. The predicted molar refractivity (Wildman–Crippen MR) is 76.0 cm³/mol. The summed E-state index contributed by atoms with van der Waals surface area (Å²) in [4.78, 5) is 8.49. The number of hydrogen-bond acceptors (Lipinski definition) is 4. The molecule has 4 nitrogen and oxygen atoms in total. The molecule has 1 heterocycles. The van der Waals surface area contributed by atoms with Gasteiger partial charge in [0.2, 0.25) is 0 Å². The third-order valence-corrected chi connectivity index (χ3v) is 2.85. The summed E-state index contributed by atoms with van der Waals surface area (Å²) in [6.45, 7) is 5.03. The number of methoxy groups -OCH3 is 1. The van der Waals surface area contributed by atoms with E-state index in [0.717, 1.165) is 29.1 Å². The second kappa shape index (κ2) is 6.29. The van der Waals surface area contributed by atoms with E-state index in [1.165, 1.54) is 0 Å². The zero-order chi connectivity index (χ0) is 13.7. The summed E-state index contributed by atoms with van der Waals surface area (Å²) in [6, 6.07) is 6.45. The van der Waals surface area contributed by atoms with Crippen molar-refractivity contribution in [2.24, 2.45) is 0 Å². The fraction of sp³-hybridized carbons (Fsp3) is 0.333. The van der Waals surface area contributed by atoms with E-state index in [2.05, 4.69) is 29.1 Å². The highest BCUT2D eigenvalue weighted by molar-refractivity contribution is 5.64. The van der Waals surface area contributed by atoms with Crippen molar-refractivity contribution in [1.82, 2.24) is 15.3 Å². The van der Waals surface area contributed by atoms with Gasteiger partial charge in [0.15, 0.2) is 0 Å². The number of benzene rings is 1. The van der Waals surface area contributed by atoms with Gasteiger partial charge < -0.3 is 10.1 Å². The lowest BCUT2D eigenvalue weighted by Crippen LogP contribution is -2.22. The van der Waals surface area contributed by atoms with E-state index in [1.807, 2.05) is 18.2 Å². The molecule has 2 rings (SSSR count). The van der Waals surface area contributed by atoms with Crippen molar-refractivity contribution >= 4 is 0 Å². The van der Waals surface area contributed by atoms with Crippen LogP contribution in [0.25, 0.3) is 11.3 Å². The predicted octanol–water partition coefficient (Wildman–Crippen LogP) is 2.65. The van der Waals surface area contributed by atoms with Gasteiger partial charge in [-0.1, -0.05) is 13.8 Å². The number of nitrogens with zero attached hydrogens (tertiary/aromatic N) is 2. The van der Waals surface area contributed by atoms with Crippen LogP contribution in [-0.2, 0) is 6.54 Å².